The lowest BCUT2D eigenvalue weighted by molar-refractivity contribution is -0.143. The number of nitrogens with zero attached hydrogens (tertiary/aromatic N) is 1. The monoisotopic (exact) mass is 526 g/mol. The normalized spacial score (nSPS) is 22.1. The van der Waals surface area contributed by atoms with E-state index in [1.165, 1.54) is 0 Å². The SMILES string of the molecule is Cc1cc(OC(C)C(=O)NCCCCCC(=O)N2CCC3(O)CCCCC3C2)c2c(C)c(C)c(=O)oc2c1. The molecule has 1 saturated carbocycles. The molecule has 0 bridgehead atoms. The molecule has 1 saturated heterocycles. The predicted octanol–water partition coefficient (Wildman–Crippen LogP) is 4.32. The van der Waals surface area contributed by atoms with Crippen molar-refractivity contribution in [2.24, 2.45) is 5.92 Å². The van der Waals surface area contributed by atoms with Crippen molar-refractivity contribution in [2.75, 3.05) is 19.6 Å². The van der Waals surface area contributed by atoms with Gasteiger partial charge in [-0.1, -0.05) is 19.3 Å². The molecular weight excluding hydrogens is 484 g/mol. The minimum absolute atomic E-state index is 0.176. The second-order valence-electron chi connectivity index (χ2n) is 11.3. The Labute approximate surface area is 224 Å². The average Bonchev–Trinajstić information content (AvgIpc) is 2.88. The number of rotatable bonds is 9. The Hall–Kier alpha value is -2.87. The van der Waals surface area contributed by atoms with Crippen LogP contribution in [0.4, 0.5) is 0 Å². The highest BCUT2D eigenvalue weighted by atomic mass is 16.5. The maximum atomic E-state index is 12.7. The van der Waals surface area contributed by atoms with Gasteiger partial charge in [-0.25, -0.2) is 4.79 Å². The molecule has 1 aliphatic carbocycles. The molecule has 2 heterocycles. The van der Waals surface area contributed by atoms with Crippen molar-refractivity contribution in [3.63, 3.8) is 0 Å². The molecule has 208 valence electrons. The van der Waals surface area contributed by atoms with E-state index >= 15 is 0 Å². The second-order valence-corrected chi connectivity index (χ2v) is 11.3. The molecule has 0 radical (unpaired) electrons. The van der Waals surface area contributed by atoms with Crippen molar-refractivity contribution < 1.29 is 23.8 Å². The van der Waals surface area contributed by atoms with Crippen LogP contribution in [0.15, 0.2) is 21.3 Å². The van der Waals surface area contributed by atoms with Crippen LogP contribution in [0.25, 0.3) is 11.0 Å². The lowest BCUT2D eigenvalue weighted by Gasteiger charge is -2.47. The number of fused-ring (bicyclic) bond motifs is 2. The largest absolute Gasteiger partial charge is 0.480 e. The molecule has 3 atom stereocenters. The Balaban J connectivity index is 1.19. The van der Waals surface area contributed by atoms with E-state index in [4.69, 9.17) is 9.15 Å². The number of nitrogens with one attached hydrogen (secondary N) is 1. The molecule has 1 aromatic carbocycles. The van der Waals surface area contributed by atoms with Gasteiger partial charge in [0.15, 0.2) is 6.10 Å². The van der Waals surface area contributed by atoms with Gasteiger partial charge in [0.25, 0.3) is 5.91 Å². The Morgan fingerprint density at radius 3 is 2.74 bits per heavy atom. The van der Waals surface area contributed by atoms with Crippen LogP contribution in [0, 0.1) is 26.7 Å². The molecular formula is C30H42N2O6. The van der Waals surface area contributed by atoms with E-state index < -0.39 is 11.7 Å². The summed E-state index contributed by atoms with van der Waals surface area (Å²) in [6, 6.07) is 3.65. The van der Waals surface area contributed by atoms with Crippen LogP contribution in [-0.2, 0) is 9.59 Å². The summed E-state index contributed by atoms with van der Waals surface area (Å²) in [7, 11) is 0. The standard InChI is InChI=1S/C30H42N2O6/c1-19-16-24(27-20(2)21(3)29(35)38-25(27)17-19)37-22(4)28(34)31-14-9-5-6-11-26(33)32-15-13-30(36)12-8-7-10-23(30)18-32/h16-17,22-23,36H,5-15,18H2,1-4H3,(H,31,34). The summed E-state index contributed by atoms with van der Waals surface area (Å²) in [6.45, 7) is 9.02. The van der Waals surface area contributed by atoms with E-state index in [9.17, 15) is 19.5 Å². The number of carbonyl (C=O) groups excluding carboxylic acids is 2. The molecule has 0 spiro atoms. The van der Waals surface area contributed by atoms with Crippen LogP contribution >= 0.6 is 0 Å². The van der Waals surface area contributed by atoms with Gasteiger partial charge in [-0.3, -0.25) is 9.59 Å². The van der Waals surface area contributed by atoms with Crippen molar-refractivity contribution in [1.82, 2.24) is 10.2 Å². The zero-order chi connectivity index (χ0) is 27.4. The number of hydrogen-bond donors (Lipinski definition) is 2. The third-order valence-corrected chi connectivity index (χ3v) is 8.48. The van der Waals surface area contributed by atoms with Crippen LogP contribution in [0.3, 0.4) is 0 Å². The van der Waals surface area contributed by atoms with Crippen molar-refractivity contribution in [3.05, 3.63) is 39.2 Å². The van der Waals surface area contributed by atoms with E-state index in [1.807, 2.05) is 24.8 Å². The first-order chi connectivity index (χ1) is 18.1. The van der Waals surface area contributed by atoms with Gasteiger partial charge in [0, 0.05) is 37.5 Å². The van der Waals surface area contributed by atoms with Crippen LogP contribution < -0.4 is 15.7 Å². The first-order valence-corrected chi connectivity index (χ1v) is 14.1. The fourth-order valence-electron chi connectivity index (χ4n) is 5.91. The first-order valence-electron chi connectivity index (χ1n) is 14.1. The number of carbonyl (C=O) groups is 2. The number of unbranched alkanes of at least 4 members (excludes halogenated alkanes) is 2. The fourth-order valence-corrected chi connectivity index (χ4v) is 5.91. The van der Waals surface area contributed by atoms with E-state index in [0.717, 1.165) is 56.1 Å². The number of ether oxygens (including phenoxy) is 1. The zero-order valence-corrected chi connectivity index (χ0v) is 23.2. The molecule has 1 aromatic heterocycles. The van der Waals surface area contributed by atoms with Crippen molar-refractivity contribution in [3.8, 4) is 5.75 Å². The molecule has 2 fully saturated rings. The van der Waals surface area contributed by atoms with Crippen LogP contribution in [0.5, 0.6) is 5.75 Å². The molecule has 4 rings (SSSR count). The zero-order valence-electron chi connectivity index (χ0n) is 23.2. The number of amides is 2. The summed E-state index contributed by atoms with van der Waals surface area (Å²) in [5.41, 5.74) is 1.71. The Morgan fingerprint density at radius 1 is 1.16 bits per heavy atom. The van der Waals surface area contributed by atoms with Gasteiger partial charge in [0.2, 0.25) is 5.91 Å². The highest BCUT2D eigenvalue weighted by molar-refractivity contribution is 5.89. The highest BCUT2D eigenvalue weighted by Crippen LogP contribution is 2.40. The van der Waals surface area contributed by atoms with Crippen molar-refractivity contribution in [2.45, 2.75) is 97.2 Å². The summed E-state index contributed by atoms with van der Waals surface area (Å²) in [5.74, 6) is 0.707. The molecule has 8 nitrogen and oxygen atoms in total. The molecule has 3 unspecified atom stereocenters. The second kappa shape index (κ2) is 11.9. The number of likely N-dealkylation sites (tertiary alicyclic amines) is 1. The summed E-state index contributed by atoms with van der Waals surface area (Å²) in [5, 5.41) is 14.5. The molecule has 38 heavy (non-hydrogen) atoms. The summed E-state index contributed by atoms with van der Waals surface area (Å²) >= 11 is 0. The van der Waals surface area contributed by atoms with E-state index in [0.29, 0.717) is 54.8 Å². The predicted molar refractivity (Wildman–Crippen MR) is 146 cm³/mol. The Morgan fingerprint density at radius 2 is 1.95 bits per heavy atom. The van der Waals surface area contributed by atoms with E-state index in [1.54, 1.807) is 19.9 Å². The molecule has 2 N–H and O–H groups in total. The number of aryl methyl sites for hydroxylation is 2. The highest BCUT2D eigenvalue weighted by Gasteiger charge is 2.43. The summed E-state index contributed by atoms with van der Waals surface area (Å²) in [4.78, 5) is 39.4. The molecule has 8 heteroatoms. The van der Waals surface area contributed by atoms with E-state index in [-0.39, 0.29) is 23.4 Å². The molecule has 2 amide bonds. The van der Waals surface area contributed by atoms with Crippen LogP contribution in [0.1, 0.15) is 81.4 Å². The number of hydrogen-bond acceptors (Lipinski definition) is 6. The van der Waals surface area contributed by atoms with Gasteiger partial charge < -0.3 is 24.5 Å². The maximum absolute atomic E-state index is 12.7. The number of aliphatic hydroxyl groups is 1. The third-order valence-electron chi connectivity index (χ3n) is 8.48. The number of piperidine rings is 1. The van der Waals surface area contributed by atoms with Crippen molar-refractivity contribution >= 4 is 22.8 Å². The van der Waals surface area contributed by atoms with Crippen molar-refractivity contribution in [1.29, 1.82) is 0 Å². The Kier molecular flexibility index (Phi) is 8.81. The minimum atomic E-state index is -0.717. The van der Waals surface area contributed by atoms with Gasteiger partial charge in [-0.05, 0) is 83.1 Å². The third kappa shape index (κ3) is 6.22. The minimum Gasteiger partial charge on any atom is -0.480 e. The van der Waals surface area contributed by atoms with Gasteiger partial charge in [0.05, 0.1) is 11.0 Å². The topological polar surface area (TPSA) is 109 Å². The summed E-state index contributed by atoms with van der Waals surface area (Å²) < 4.78 is 11.5. The van der Waals surface area contributed by atoms with Gasteiger partial charge >= 0.3 is 5.63 Å². The lowest BCUT2D eigenvalue weighted by Crippen LogP contribution is -2.54. The van der Waals surface area contributed by atoms with E-state index in [2.05, 4.69) is 5.32 Å². The van der Waals surface area contributed by atoms with Crippen LogP contribution in [-0.4, -0.2) is 53.2 Å². The molecule has 1 aliphatic heterocycles. The van der Waals surface area contributed by atoms with Gasteiger partial charge in [0.1, 0.15) is 11.3 Å². The van der Waals surface area contributed by atoms with Gasteiger partial charge in [-0.15, -0.1) is 0 Å². The van der Waals surface area contributed by atoms with Gasteiger partial charge in [-0.2, -0.15) is 0 Å². The van der Waals surface area contributed by atoms with Crippen LogP contribution in [0.2, 0.25) is 0 Å². The maximum Gasteiger partial charge on any atom is 0.339 e. The quantitative estimate of drug-likeness (QED) is 0.372. The lowest BCUT2D eigenvalue weighted by atomic mass is 9.71. The smallest absolute Gasteiger partial charge is 0.339 e. The fraction of sp³-hybridized carbons (Fsp3) is 0.633. The molecule has 2 aliphatic rings. The number of benzene rings is 1. The average molecular weight is 527 g/mol. The molecule has 2 aromatic rings. The summed E-state index contributed by atoms with van der Waals surface area (Å²) in [6.07, 6.45) is 7.01. The first kappa shape index (κ1) is 28.1. The Bertz CT molecular complexity index is 1240.